The lowest BCUT2D eigenvalue weighted by Crippen LogP contribution is -2.45. The standard InChI is InChI=1S/C16H21NO3/c1-2-20-16(19)14-12-17(11-9-15(14)18)10-8-13-6-4-3-5-7-13/h3-7,14H,2,8-12H2,1H3/t14-/m1/s1. The van der Waals surface area contributed by atoms with Gasteiger partial charge in [0.2, 0.25) is 0 Å². The Morgan fingerprint density at radius 1 is 1.35 bits per heavy atom. The molecule has 2 rings (SSSR count). The second-order valence-corrected chi connectivity index (χ2v) is 5.06. The van der Waals surface area contributed by atoms with Crippen LogP contribution in [-0.4, -0.2) is 42.9 Å². The molecule has 1 fully saturated rings. The van der Waals surface area contributed by atoms with Crippen molar-refractivity contribution in [2.24, 2.45) is 5.92 Å². The highest BCUT2D eigenvalue weighted by Gasteiger charge is 2.33. The van der Waals surface area contributed by atoms with Gasteiger partial charge in [0.1, 0.15) is 11.7 Å². The summed E-state index contributed by atoms with van der Waals surface area (Å²) in [7, 11) is 0. The second kappa shape index (κ2) is 7.20. The van der Waals surface area contributed by atoms with E-state index in [1.54, 1.807) is 6.92 Å². The van der Waals surface area contributed by atoms with Gasteiger partial charge in [0, 0.05) is 26.1 Å². The van der Waals surface area contributed by atoms with E-state index < -0.39 is 5.92 Å². The maximum atomic E-state index is 11.8. The fourth-order valence-corrected chi connectivity index (χ4v) is 2.48. The van der Waals surface area contributed by atoms with Gasteiger partial charge in [-0.15, -0.1) is 0 Å². The molecule has 4 heteroatoms. The zero-order valence-electron chi connectivity index (χ0n) is 11.9. The summed E-state index contributed by atoms with van der Waals surface area (Å²) in [5.41, 5.74) is 1.28. The van der Waals surface area contributed by atoms with Crippen molar-refractivity contribution in [3.05, 3.63) is 35.9 Å². The molecule has 0 amide bonds. The molecule has 1 saturated heterocycles. The number of hydrogen-bond acceptors (Lipinski definition) is 4. The molecule has 1 aliphatic heterocycles. The van der Waals surface area contributed by atoms with Gasteiger partial charge < -0.3 is 9.64 Å². The number of benzene rings is 1. The van der Waals surface area contributed by atoms with Crippen molar-refractivity contribution in [2.75, 3.05) is 26.2 Å². The fraction of sp³-hybridized carbons (Fsp3) is 0.500. The van der Waals surface area contributed by atoms with Gasteiger partial charge in [0.05, 0.1) is 6.61 Å². The van der Waals surface area contributed by atoms with Crippen LogP contribution in [0.2, 0.25) is 0 Å². The average Bonchev–Trinajstić information content (AvgIpc) is 2.47. The minimum atomic E-state index is -0.598. The first kappa shape index (κ1) is 14.7. The highest BCUT2D eigenvalue weighted by Crippen LogP contribution is 2.15. The monoisotopic (exact) mass is 275 g/mol. The number of carbonyl (C=O) groups is 2. The molecule has 0 aliphatic carbocycles. The van der Waals surface area contributed by atoms with Crippen LogP contribution in [-0.2, 0) is 20.7 Å². The van der Waals surface area contributed by atoms with Gasteiger partial charge in [-0.25, -0.2) is 0 Å². The summed E-state index contributed by atoms with van der Waals surface area (Å²) in [6, 6.07) is 10.2. The molecule has 1 aliphatic rings. The molecule has 108 valence electrons. The summed E-state index contributed by atoms with van der Waals surface area (Å²) < 4.78 is 4.98. The molecule has 0 unspecified atom stereocenters. The van der Waals surface area contributed by atoms with Gasteiger partial charge >= 0.3 is 5.97 Å². The van der Waals surface area contributed by atoms with E-state index >= 15 is 0 Å². The lowest BCUT2D eigenvalue weighted by Gasteiger charge is -2.30. The number of hydrogen-bond donors (Lipinski definition) is 0. The zero-order chi connectivity index (χ0) is 14.4. The van der Waals surface area contributed by atoms with Crippen molar-refractivity contribution in [1.82, 2.24) is 4.90 Å². The van der Waals surface area contributed by atoms with Gasteiger partial charge in [0.15, 0.2) is 0 Å². The number of esters is 1. The Morgan fingerprint density at radius 3 is 2.80 bits per heavy atom. The van der Waals surface area contributed by atoms with Crippen molar-refractivity contribution in [3.8, 4) is 0 Å². The molecule has 0 saturated carbocycles. The smallest absolute Gasteiger partial charge is 0.317 e. The Labute approximate surface area is 119 Å². The highest BCUT2D eigenvalue weighted by molar-refractivity contribution is 5.99. The van der Waals surface area contributed by atoms with Crippen LogP contribution < -0.4 is 0 Å². The summed E-state index contributed by atoms with van der Waals surface area (Å²) in [5.74, 6) is -0.958. The van der Waals surface area contributed by atoms with Crippen LogP contribution in [0.4, 0.5) is 0 Å². The molecule has 1 atom stereocenters. The van der Waals surface area contributed by atoms with Crippen LogP contribution >= 0.6 is 0 Å². The van der Waals surface area contributed by atoms with E-state index in [0.29, 0.717) is 19.6 Å². The van der Waals surface area contributed by atoms with Crippen LogP contribution in [0, 0.1) is 5.92 Å². The SMILES string of the molecule is CCOC(=O)[C@@H]1CN(CCc2ccccc2)CCC1=O. The van der Waals surface area contributed by atoms with Crippen molar-refractivity contribution >= 4 is 11.8 Å². The maximum Gasteiger partial charge on any atom is 0.317 e. The van der Waals surface area contributed by atoms with E-state index in [9.17, 15) is 9.59 Å². The molecular formula is C16H21NO3. The number of likely N-dealkylation sites (tertiary alicyclic amines) is 1. The lowest BCUT2D eigenvalue weighted by molar-refractivity contribution is -0.153. The Hall–Kier alpha value is -1.68. The third-order valence-corrected chi connectivity index (χ3v) is 3.63. The first-order valence-corrected chi connectivity index (χ1v) is 7.16. The Kier molecular flexibility index (Phi) is 5.30. The van der Waals surface area contributed by atoms with Crippen molar-refractivity contribution < 1.29 is 14.3 Å². The predicted octanol–water partition coefficient (Wildman–Crippen LogP) is 1.68. The Bertz CT molecular complexity index is 458. The first-order valence-electron chi connectivity index (χ1n) is 7.16. The first-order chi connectivity index (χ1) is 9.70. The molecule has 0 aromatic heterocycles. The summed E-state index contributed by atoms with van der Waals surface area (Å²) in [6.07, 6.45) is 1.38. The molecule has 1 heterocycles. The van der Waals surface area contributed by atoms with E-state index in [2.05, 4.69) is 17.0 Å². The topological polar surface area (TPSA) is 46.6 Å². The normalized spacial score (nSPS) is 19.9. The summed E-state index contributed by atoms with van der Waals surface area (Å²) in [6.45, 7) is 4.18. The van der Waals surface area contributed by atoms with Crippen molar-refractivity contribution in [1.29, 1.82) is 0 Å². The summed E-state index contributed by atoms with van der Waals surface area (Å²) in [4.78, 5) is 25.7. The summed E-state index contributed by atoms with van der Waals surface area (Å²) >= 11 is 0. The van der Waals surface area contributed by atoms with Gasteiger partial charge in [-0.3, -0.25) is 9.59 Å². The number of ketones is 1. The zero-order valence-corrected chi connectivity index (χ0v) is 11.9. The van der Waals surface area contributed by atoms with Crippen molar-refractivity contribution in [3.63, 3.8) is 0 Å². The Balaban J connectivity index is 1.87. The van der Waals surface area contributed by atoms with Crippen LogP contribution in [0.5, 0.6) is 0 Å². The van der Waals surface area contributed by atoms with E-state index in [1.807, 2.05) is 18.2 Å². The summed E-state index contributed by atoms with van der Waals surface area (Å²) in [5, 5.41) is 0. The minimum Gasteiger partial charge on any atom is -0.465 e. The molecule has 4 nitrogen and oxygen atoms in total. The largest absolute Gasteiger partial charge is 0.465 e. The van der Waals surface area contributed by atoms with E-state index in [0.717, 1.165) is 19.5 Å². The van der Waals surface area contributed by atoms with Gasteiger partial charge in [-0.05, 0) is 18.9 Å². The van der Waals surface area contributed by atoms with E-state index in [4.69, 9.17) is 4.74 Å². The van der Waals surface area contributed by atoms with Crippen LogP contribution in [0.3, 0.4) is 0 Å². The van der Waals surface area contributed by atoms with Gasteiger partial charge in [0.25, 0.3) is 0 Å². The molecule has 1 aromatic rings. The molecule has 20 heavy (non-hydrogen) atoms. The van der Waals surface area contributed by atoms with Crippen molar-refractivity contribution in [2.45, 2.75) is 19.8 Å². The van der Waals surface area contributed by atoms with E-state index in [-0.39, 0.29) is 11.8 Å². The maximum absolute atomic E-state index is 11.8. The Morgan fingerprint density at radius 2 is 2.10 bits per heavy atom. The van der Waals surface area contributed by atoms with Gasteiger partial charge in [-0.2, -0.15) is 0 Å². The van der Waals surface area contributed by atoms with Crippen LogP contribution in [0.25, 0.3) is 0 Å². The second-order valence-electron chi connectivity index (χ2n) is 5.06. The fourth-order valence-electron chi connectivity index (χ4n) is 2.48. The molecule has 0 spiro atoms. The number of carbonyl (C=O) groups excluding carboxylic acids is 2. The van der Waals surface area contributed by atoms with Crippen LogP contribution in [0.1, 0.15) is 18.9 Å². The lowest BCUT2D eigenvalue weighted by atomic mass is 9.96. The van der Waals surface area contributed by atoms with E-state index in [1.165, 1.54) is 5.56 Å². The number of Topliss-reactive ketones (excluding diaryl/α,β-unsaturated/α-hetero) is 1. The number of piperidine rings is 1. The third kappa shape index (κ3) is 3.90. The van der Waals surface area contributed by atoms with Gasteiger partial charge in [-0.1, -0.05) is 30.3 Å². The van der Waals surface area contributed by atoms with Crippen LogP contribution in [0.15, 0.2) is 30.3 Å². The number of ether oxygens (including phenoxy) is 1. The molecule has 0 N–H and O–H groups in total. The third-order valence-electron chi connectivity index (χ3n) is 3.63. The molecule has 1 aromatic carbocycles. The number of rotatable bonds is 5. The quantitative estimate of drug-likeness (QED) is 0.606. The molecule has 0 radical (unpaired) electrons. The minimum absolute atomic E-state index is 0.0133. The average molecular weight is 275 g/mol. The highest BCUT2D eigenvalue weighted by atomic mass is 16.5. The molecule has 0 bridgehead atoms. The number of nitrogens with zero attached hydrogens (tertiary/aromatic N) is 1. The molecular weight excluding hydrogens is 254 g/mol. The predicted molar refractivity (Wildman–Crippen MR) is 76.3 cm³/mol.